The van der Waals surface area contributed by atoms with Crippen LogP contribution in [0, 0.1) is 19.8 Å². The van der Waals surface area contributed by atoms with E-state index >= 15 is 0 Å². The Morgan fingerprint density at radius 3 is 2.82 bits per heavy atom. The molecule has 0 aromatic carbocycles. The Balaban J connectivity index is 1.89. The lowest BCUT2D eigenvalue weighted by atomic mass is 10.1. The molecule has 22 heavy (non-hydrogen) atoms. The number of carbonyl (C=O) groups is 1. The number of amides is 1. The normalized spacial score (nSPS) is 18.7. The largest absolute Gasteiger partial charge is 0.355 e. The second-order valence-corrected chi connectivity index (χ2v) is 8.83. The number of nitrogens with zero attached hydrogens (tertiary/aromatic N) is 2. The quantitative estimate of drug-likeness (QED) is 0.864. The Morgan fingerprint density at radius 1 is 1.41 bits per heavy atom. The summed E-state index contributed by atoms with van der Waals surface area (Å²) < 4.78 is 2.04. The summed E-state index contributed by atoms with van der Waals surface area (Å²) in [6, 6.07) is 0. The fraction of sp³-hybridized carbons (Fsp3) is 0.750. The second kappa shape index (κ2) is 8.29. The second-order valence-electron chi connectivity index (χ2n) is 6.27. The zero-order chi connectivity index (χ0) is 16.1. The van der Waals surface area contributed by atoms with Crippen LogP contribution in [0.1, 0.15) is 30.8 Å². The average molecular weight is 342 g/mol. The number of rotatable bonds is 6. The smallest absolute Gasteiger partial charge is 0.224 e. The van der Waals surface area contributed by atoms with Crippen molar-refractivity contribution in [3.63, 3.8) is 0 Å². The van der Waals surface area contributed by atoms with Crippen molar-refractivity contribution in [3.05, 3.63) is 17.0 Å². The van der Waals surface area contributed by atoms with Crippen LogP contribution in [0.3, 0.4) is 0 Å². The highest BCUT2D eigenvalue weighted by Crippen LogP contribution is 2.23. The van der Waals surface area contributed by atoms with E-state index in [0.29, 0.717) is 17.6 Å². The molecule has 0 saturated carbocycles. The van der Waals surface area contributed by atoms with Gasteiger partial charge in [0.25, 0.3) is 0 Å². The molecule has 0 bridgehead atoms. The molecule has 0 aliphatic carbocycles. The van der Waals surface area contributed by atoms with Crippen LogP contribution in [0.4, 0.5) is 0 Å². The van der Waals surface area contributed by atoms with Gasteiger partial charge in [0.05, 0.1) is 12.1 Å². The lowest BCUT2D eigenvalue weighted by Crippen LogP contribution is -2.34. The van der Waals surface area contributed by atoms with Gasteiger partial charge in [0, 0.05) is 46.9 Å². The number of hydrogen-bond acceptors (Lipinski definition) is 4. The van der Waals surface area contributed by atoms with Crippen molar-refractivity contribution < 1.29 is 4.79 Å². The molecular weight excluding hydrogens is 314 g/mol. The Kier molecular flexibility index (Phi) is 6.68. The monoisotopic (exact) mass is 341 g/mol. The summed E-state index contributed by atoms with van der Waals surface area (Å²) >= 11 is 3.96. The van der Waals surface area contributed by atoms with Crippen molar-refractivity contribution in [2.24, 2.45) is 5.92 Å². The van der Waals surface area contributed by atoms with E-state index in [1.165, 1.54) is 11.5 Å². The van der Waals surface area contributed by atoms with Crippen LogP contribution in [0.5, 0.6) is 0 Å². The minimum absolute atomic E-state index is 0.117. The molecule has 0 spiro atoms. The van der Waals surface area contributed by atoms with Gasteiger partial charge >= 0.3 is 0 Å². The maximum atomic E-state index is 12.2. The molecule has 1 aliphatic rings. The van der Waals surface area contributed by atoms with E-state index < -0.39 is 0 Å². The molecule has 1 atom stereocenters. The first kappa shape index (κ1) is 17.7. The maximum Gasteiger partial charge on any atom is 0.224 e. The first-order chi connectivity index (χ1) is 10.5. The molecule has 1 aromatic heterocycles. The molecule has 4 nitrogen and oxygen atoms in total. The maximum absolute atomic E-state index is 12.2. The van der Waals surface area contributed by atoms with Crippen LogP contribution in [0.2, 0.25) is 0 Å². The predicted molar refractivity (Wildman–Crippen MR) is 96.8 cm³/mol. The minimum atomic E-state index is 0.117. The Morgan fingerprint density at radius 2 is 2.18 bits per heavy atom. The van der Waals surface area contributed by atoms with Crippen LogP contribution in [-0.4, -0.2) is 44.7 Å². The highest BCUT2D eigenvalue weighted by molar-refractivity contribution is 8.06. The highest BCUT2D eigenvalue weighted by atomic mass is 32.2. The van der Waals surface area contributed by atoms with Crippen LogP contribution >= 0.6 is 23.5 Å². The zero-order valence-corrected chi connectivity index (χ0v) is 15.6. The lowest BCUT2D eigenvalue weighted by molar-refractivity contribution is -0.120. The summed E-state index contributed by atoms with van der Waals surface area (Å²) in [7, 11) is 0. The van der Waals surface area contributed by atoms with Gasteiger partial charge in [0.2, 0.25) is 5.91 Å². The fourth-order valence-electron chi connectivity index (χ4n) is 2.62. The molecule has 1 N–H and O–H groups in total. The minimum Gasteiger partial charge on any atom is -0.355 e. The summed E-state index contributed by atoms with van der Waals surface area (Å²) in [6.45, 7) is 10.1. The van der Waals surface area contributed by atoms with Crippen molar-refractivity contribution in [3.8, 4) is 0 Å². The van der Waals surface area contributed by atoms with Crippen LogP contribution in [0.25, 0.3) is 0 Å². The van der Waals surface area contributed by atoms with Gasteiger partial charge in [0.1, 0.15) is 0 Å². The summed E-state index contributed by atoms with van der Waals surface area (Å²) in [4.78, 5) is 12.2. The molecule has 1 fully saturated rings. The van der Waals surface area contributed by atoms with Gasteiger partial charge in [-0.15, -0.1) is 0 Å². The topological polar surface area (TPSA) is 46.9 Å². The van der Waals surface area contributed by atoms with E-state index in [9.17, 15) is 4.79 Å². The van der Waals surface area contributed by atoms with Gasteiger partial charge in [-0.1, -0.05) is 13.8 Å². The molecule has 1 aliphatic heterocycles. The average Bonchev–Trinajstić information content (AvgIpc) is 2.73. The Labute approximate surface area is 142 Å². The predicted octanol–water partition coefficient (Wildman–Crippen LogP) is 2.66. The number of carbonyl (C=O) groups excluding carboxylic acids is 1. The molecular formula is C16H27N3OS2. The standard InChI is InChI=1S/C16H27N3OS2/c1-11(2)9-19-13(4)15(12(3)18-19)7-16(20)17-8-14-10-21-5-6-22-14/h11,14H,5-10H2,1-4H3,(H,17,20)/t14-/m1/s1. The van der Waals surface area contributed by atoms with Crippen molar-refractivity contribution in [1.29, 1.82) is 0 Å². The summed E-state index contributed by atoms with van der Waals surface area (Å²) in [5.41, 5.74) is 3.20. The van der Waals surface area contributed by atoms with Gasteiger partial charge < -0.3 is 5.32 Å². The summed E-state index contributed by atoms with van der Waals surface area (Å²) in [5, 5.41) is 8.24. The number of nitrogens with one attached hydrogen (secondary N) is 1. The molecule has 1 aromatic rings. The Bertz CT molecular complexity index is 508. The molecule has 2 rings (SSSR count). The SMILES string of the molecule is Cc1nn(CC(C)C)c(C)c1CC(=O)NC[C@@H]1CSCCS1. The molecule has 6 heteroatoms. The van der Waals surface area contributed by atoms with Gasteiger partial charge in [-0.3, -0.25) is 9.48 Å². The van der Waals surface area contributed by atoms with Crippen LogP contribution in [-0.2, 0) is 17.8 Å². The molecule has 124 valence electrons. The first-order valence-corrected chi connectivity index (χ1v) is 10.2. The van der Waals surface area contributed by atoms with Crippen molar-refractivity contribution in [2.45, 2.75) is 45.9 Å². The van der Waals surface area contributed by atoms with E-state index in [1.807, 2.05) is 35.1 Å². The first-order valence-electron chi connectivity index (χ1n) is 7.96. The van der Waals surface area contributed by atoms with E-state index in [4.69, 9.17) is 0 Å². The summed E-state index contributed by atoms with van der Waals surface area (Å²) in [5.74, 6) is 4.26. The number of hydrogen-bond donors (Lipinski definition) is 1. The van der Waals surface area contributed by atoms with Crippen molar-refractivity contribution in [2.75, 3.05) is 23.8 Å². The number of aryl methyl sites for hydroxylation is 1. The highest BCUT2D eigenvalue weighted by Gasteiger charge is 2.18. The van der Waals surface area contributed by atoms with E-state index in [-0.39, 0.29) is 5.91 Å². The molecule has 0 unspecified atom stereocenters. The van der Waals surface area contributed by atoms with Crippen molar-refractivity contribution in [1.82, 2.24) is 15.1 Å². The van der Waals surface area contributed by atoms with E-state index in [2.05, 4.69) is 31.2 Å². The van der Waals surface area contributed by atoms with Gasteiger partial charge in [-0.05, 0) is 19.8 Å². The number of thioether (sulfide) groups is 2. The Hall–Kier alpha value is -0.620. The van der Waals surface area contributed by atoms with Crippen LogP contribution < -0.4 is 5.32 Å². The molecule has 0 radical (unpaired) electrons. The molecule has 1 saturated heterocycles. The third kappa shape index (κ3) is 4.95. The van der Waals surface area contributed by atoms with E-state index in [0.717, 1.165) is 35.8 Å². The van der Waals surface area contributed by atoms with Crippen LogP contribution in [0.15, 0.2) is 0 Å². The zero-order valence-electron chi connectivity index (χ0n) is 14.0. The third-order valence-corrected chi connectivity index (χ3v) is 6.66. The van der Waals surface area contributed by atoms with E-state index in [1.54, 1.807) is 0 Å². The number of aromatic nitrogens is 2. The lowest BCUT2D eigenvalue weighted by Gasteiger charge is -2.21. The fourth-order valence-corrected chi connectivity index (χ4v) is 5.23. The van der Waals surface area contributed by atoms with Gasteiger partial charge in [-0.2, -0.15) is 28.6 Å². The molecule has 1 amide bonds. The third-order valence-electron chi connectivity index (χ3n) is 3.82. The van der Waals surface area contributed by atoms with Gasteiger partial charge in [0.15, 0.2) is 0 Å². The van der Waals surface area contributed by atoms with Gasteiger partial charge in [-0.25, -0.2) is 0 Å². The summed E-state index contributed by atoms with van der Waals surface area (Å²) in [6.07, 6.45) is 0.445. The van der Waals surface area contributed by atoms with Crippen molar-refractivity contribution >= 4 is 29.4 Å². The molecule has 2 heterocycles.